The van der Waals surface area contributed by atoms with Gasteiger partial charge in [-0.15, -0.1) is 45.3 Å². The average Bonchev–Trinajstić information content (AvgIpc) is 1.59. The third-order valence-electron chi connectivity index (χ3n) is 23.6. The molecule has 6 atom stereocenters. The molecule has 0 radical (unpaired) electrons. The first-order valence-corrected chi connectivity index (χ1v) is 51.1. The van der Waals surface area contributed by atoms with Crippen molar-refractivity contribution in [2.24, 2.45) is 10.8 Å². The molecule has 0 bridgehead atoms. The van der Waals surface area contributed by atoms with Gasteiger partial charge in [0, 0.05) is 148 Å². The molecule has 8 aromatic rings. The number of nitrogens with one attached hydrogen (secondary N) is 8. The van der Waals surface area contributed by atoms with E-state index in [1.165, 1.54) is 22.7 Å². The number of pyridine rings is 4. The van der Waals surface area contributed by atoms with E-state index in [4.69, 9.17) is 0 Å². The molecule has 0 spiro atoms. The van der Waals surface area contributed by atoms with Crippen LogP contribution < -0.4 is 42.5 Å². The Morgan fingerprint density at radius 2 is 0.629 bits per heavy atom. The maximum Gasteiger partial charge on any atom is 0.280 e. The van der Waals surface area contributed by atoms with E-state index in [0.717, 1.165) is 135 Å². The van der Waals surface area contributed by atoms with E-state index in [1.54, 1.807) is 94.0 Å². The summed E-state index contributed by atoms with van der Waals surface area (Å²) in [6, 6.07) is 7.05. The number of halogens is 4. The second-order valence-electron chi connectivity index (χ2n) is 42.4. The van der Waals surface area contributed by atoms with Crippen molar-refractivity contribution in [3.63, 3.8) is 0 Å². The van der Waals surface area contributed by atoms with Crippen LogP contribution in [0.25, 0.3) is 41.8 Å². The van der Waals surface area contributed by atoms with E-state index < -0.39 is 108 Å². The lowest BCUT2D eigenvalue weighted by Gasteiger charge is -2.33. The number of likely N-dealkylation sites (tertiary alicyclic amines) is 4. The molecule has 4 fully saturated rings. The third kappa shape index (κ3) is 32.3. The van der Waals surface area contributed by atoms with Gasteiger partial charge in [0.15, 0.2) is 20.0 Å². The highest BCUT2D eigenvalue weighted by molar-refractivity contribution is 7.18. The van der Waals surface area contributed by atoms with E-state index in [-0.39, 0.29) is 104 Å². The van der Waals surface area contributed by atoms with Gasteiger partial charge in [0.05, 0.1) is 55.0 Å². The van der Waals surface area contributed by atoms with Gasteiger partial charge >= 0.3 is 0 Å². The lowest BCUT2D eigenvalue weighted by Crippen LogP contribution is -2.42. The monoisotopic (exact) mass is 2020 g/mol. The van der Waals surface area contributed by atoms with Gasteiger partial charge in [-0.05, 0) is 233 Å². The number of anilines is 4. The minimum atomic E-state index is -2.98. The van der Waals surface area contributed by atoms with Gasteiger partial charge < -0.3 is 82.6 Å². The van der Waals surface area contributed by atoms with Crippen LogP contribution in [0.5, 0.6) is 0 Å². The quantitative estimate of drug-likeness (QED) is 0.0186. The van der Waals surface area contributed by atoms with E-state index >= 15 is 0 Å². The molecule has 12 rings (SSSR count). The van der Waals surface area contributed by atoms with Crippen molar-refractivity contribution in [2.45, 2.75) is 315 Å². The molecule has 32 nitrogen and oxygen atoms in total. The number of amides is 8. The number of nitrogens with zero attached hydrogens (tertiary/aromatic N) is 12. The van der Waals surface area contributed by atoms with Crippen LogP contribution in [0.1, 0.15) is 320 Å². The zero-order chi connectivity index (χ0) is 104. The summed E-state index contributed by atoms with van der Waals surface area (Å²) in [6.07, 6.45) is 13.8. The normalized spacial score (nSPS) is 17.6. The lowest BCUT2D eigenvalue weighted by atomic mass is 9.97. The molecule has 0 saturated carbocycles. The largest absolute Gasteiger partial charge is 0.389 e. The third-order valence-corrected chi connectivity index (χ3v) is 27.9. The lowest BCUT2D eigenvalue weighted by molar-refractivity contribution is 0.0115. The molecule has 4 saturated heterocycles. The summed E-state index contributed by atoms with van der Waals surface area (Å²) in [4.78, 5) is 149. The van der Waals surface area contributed by atoms with Crippen molar-refractivity contribution in [2.75, 3.05) is 86.7 Å². The number of hydrogen-bond donors (Lipinski definition) is 12. The summed E-state index contributed by atoms with van der Waals surface area (Å²) in [5, 5.41) is 64.2. The molecule has 768 valence electrons. The summed E-state index contributed by atoms with van der Waals surface area (Å²) < 4.78 is 56.1. The predicted octanol–water partition coefficient (Wildman–Crippen LogP) is 17.2. The van der Waals surface area contributed by atoms with Crippen LogP contribution in [-0.4, -0.2) is 263 Å². The van der Waals surface area contributed by atoms with Crippen LogP contribution in [0.3, 0.4) is 0 Å². The molecule has 0 aliphatic carbocycles. The second-order valence-corrected chi connectivity index (χ2v) is 46.4. The van der Waals surface area contributed by atoms with Crippen molar-refractivity contribution < 1.29 is 76.3 Å². The van der Waals surface area contributed by atoms with Crippen LogP contribution in [0, 0.1) is 38.5 Å². The second kappa shape index (κ2) is 46.8. The number of alkyl halides is 4. The zero-order valence-electron chi connectivity index (χ0n) is 85.8. The van der Waals surface area contributed by atoms with Crippen molar-refractivity contribution >= 4 is 116 Å². The average molecular weight is 2020 g/mol. The number of aromatic nitrogens is 8. The van der Waals surface area contributed by atoms with Crippen LogP contribution in [-0.2, 0) is 0 Å². The maximum atomic E-state index is 14.0. The fraction of sp³-hybridized carbons (Fsp3) is 0.600. The van der Waals surface area contributed by atoms with Crippen molar-refractivity contribution in [3.05, 3.63) is 114 Å². The fourth-order valence-electron chi connectivity index (χ4n) is 15.3. The van der Waals surface area contributed by atoms with Gasteiger partial charge in [0.1, 0.15) is 46.0 Å². The summed E-state index contributed by atoms with van der Waals surface area (Å²) >= 11 is 4.38. The van der Waals surface area contributed by atoms with Crippen LogP contribution in [0.2, 0.25) is 0 Å². The molecule has 12 heterocycles. The molecule has 40 heteroatoms. The van der Waals surface area contributed by atoms with Crippen molar-refractivity contribution in [3.8, 4) is 41.8 Å². The van der Waals surface area contributed by atoms with Gasteiger partial charge in [-0.1, -0.05) is 55.4 Å². The first-order chi connectivity index (χ1) is 64.9. The minimum Gasteiger partial charge on any atom is -0.389 e. The van der Waals surface area contributed by atoms with Crippen LogP contribution >= 0.6 is 45.3 Å². The van der Waals surface area contributed by atoms with Gasteiger partial charge in [-0.2, -0.15) is 0 Å². The van der Waals surface area contributed by atoms with E-state index in [2.05, 4.69) is 159 Å². The molecule has 0 aromatic carbocycles. The highest BCUT2D eigenvalue weighted by Gasteiger charge is 2.49. The Labute approximate surface area is 836 Å². The summed E-state index contributed by atoms with van der Waals surface area (Å²) in [5.41, 5.74) is 2.53. The van der Waals surface area contributed by atoms with Crippen molar-refractivity contribution in [1.82, 2.24) is 80.7 Å². The summed E-state index contributed by atoms with van der Waals surface area (Å²) in [5.74, 6) is -6.59. The first kappa shape index (κ1) is 113. The minimum absolute atomic E-state index is 0.00513. The van der Waals surface area contributed by atoms with Gasteiger partial charge in [-0.25, -0.2) is 57.4 Å². The predicted molar refractivity (Wildman–Crippen MR) is 546 cm³/mol. The van der Waals surface area contributed by atoms with E-state index in [0.29, 0.717) is 73.6 Å². The Bertz CT molecular complexity index is 5700. The summed E-state index contributed by atoms with van der Waals surface area (Å²) in [6.45, 7) is 50.3. The molecular formula is C100H144F4N20O12S4. The standard InChI is InChI=1S/C26H39N5O3S.C25H35F2N5O3S.C25H37N5O3S.C24H33F2N5O3S/c1-16-12-19(28-14-25(3,4)5)27-13-18(16)21-20(24(33)31-11-9-8-10-17(31)2)30-23(35-21)22(32)29-15-26(6,7)34;1-14-8-17(29-11-23(3,4)5)28-10-16(14)19-18(22(34)32-13-25(26,27)9-15(32)2)31-21(36-19)20(33)30-12-24(6,7)35;1-7-16(3)28-19-12-15(2)18(13-26-19)21-20(24(32)30-11-9-8-10-17(30)4)29-23(34-21)22(31)27-14-25(5,6)33;1-7-14(3)29-17-8-13(2)16(10-27-17)19-18(22(33)31-12-24(25,26)9-15(31)4)30-21(35-19)20(32)28-11-23(5,6)34/h12-13,17,34H,8-11,14-15H2,1-7H3,(H,27,28)(H,29,32);8,10,15,35H,9,11-13H2,1-7H3,(H,28,29)(H,30,33);12-13,16-17,33H,7-11,14H2,1-6H3,(H,26,28)(H,27,31);8,10,14-15,34H,7,9,11-12H2,1-6H3,(H,27,29)(H,28,32)/t17-;15-;16-,17+;14-,15+/m0011/s1. The number of aryl methyl sites for hydroxylation is 4. The molecule has 12 N–H and O–H groups in total. The Kier molecular flexibility index (Phi) is 37.8. The Balaban J connectivity index is 0.000000209. The number of aliphatic hydroxyl groups is 4. The molecule has 140 heavy (non-hydrogen) atoms. The number of thiazole rings is 4. The van der Waals surface area contributed by atoms with Crippen LogP contribution in [0.15, 0.2) is 49.1 Å². The number of rotatable bonds is 30. The number of hydrogen-bond acceptors (Lipinski definition) is 28. The molecule has 4 aliphatic heterocycles. The highest BCUT2D eigenvalue weighted by atomic mass is 32.1. The molecular weight excluding hydrogens is 1880 g/mol. The van der Waals surface area contributed by atoms with E-state index in [1.807, 2.05) is 68.7 Å². The SMILES string of the molecule is CC[C@@H](C)Nc1cc(C)c(-c2sc(C(=O)NCC(C)(C)O)nc2C(=O)N2CC(F)(F)C[C@@H]2C)cn1.CC[C@@H](C)Nc1cc(C)c(-c2sc(C(=O)NCC(C)(C)O)nc2C(=O)N2CCCC[C@@H]2C)cn1.Cc1cc(NCC(C)(C)C)ncc1-c1sc(C(=O)NCC(C)(C)O)nc1C(=O)N1CC(F)(F)C[C@@H]1C.Cc1cc(NCC(C)(C)C)ncc1-c1sc(C(=O)NCC(C)(C)O)nc1C(=O)N1CCCC[C@@H]1C. The van der Waals surface area contributed by atoms with Crippen molar-refractivity contribution in [1.29, 1.82) is 0 Å². The number of piperidine rings is 2. The molecule has 4 aliphatic rings. The summed E-state index contributed by atoms with van der Waals surface area (Å²) in [7, 11) is 0. The van der Waals surface area contributed by atoms with Gasteiger partial charge in [-0.3, -0.25) is 38.4 Å². The Morgan fingerprint density at radius 3 is 0.843 bits per heavy atom. The van der Waals surface area contributed by atoms with Gasteiger partial charge in [0.25, 0.3) is 59.1 Å². The topological polar surface area (TPSA) is 430 Å². The first-order valence-electron chi connectivity index (χ1n) is 47.9. The molecule has 8 amide bonds. The van der Waals surface area contributed by atoms with E-state index in [9.17, 15) is 76.3 Å². The smallest absolute Gasteiger partial charge is 0.280 e. The number of carbonyl (C=O) groups is 8. The van der Waals surface area contributed by atoms with Gasteiger partial charge in [0.2, 0.25) is 0 Å². The zero-order valence-corrected chi connectivity index (χ0v) is 89.1. The highest BCUT2D eigenvalue weighted by Crippen LogP contribution is 2.43. The maximum absolute atomic E-state index is 14.0. The Morgan fingerprint density at radius 1 is 0.386 bits per heavy atom. The molecule has 0 unspecified atom stereocenters. The molecule has 8 aromatic heterocycles. The number of carbonyl (C=O) groups excluding carboxylic acids is 8. The Hall–Kier alpha value is -10.4. The van der Waals surface area contributed by atoms with Crippen LogP contribution in [0.4, 0.5) is 40.8 Å². The fourth-order valence-corrected chi connectivity index (χ4v) is 19.5.